The van der Waals surface area contributed by atoms with Crippen molar-refractivity contribution in [3.05, 3.63) is 29.3 Å². The SMILES string of the molecule is COCC(CCBr)NC(=O)C(C)Oc1cccc(Cl)c1. The molecule has 0 aliphatic heterocycles. The van der Waals surface area contributed by atoms with Crippen molar-refractivity contribution in [2.45, 2.75) is 25.5 Å². The molecule has 2 unspecified atom stereocenters. The highest BCUT2D eigenvalue weighted by Crippen LogP contribution is 2.18. The van der Waals surface area contributed by atoms with Crippen LogP contribution >= 0.6 is 27.5 Å². The Morgan fingerprint density at radius 1 is 1.50 bits per heavy atom. The minimum Gasteiger partial charge on any atom is -0.481 e. The fraction of sp³-hybridized carbons (Fsp3) is 0.500. The predicted octanol–water partition coefficient (Wildman–Crippen LogP) is 3.02. The van der Waals surface area contributed by atoms with Crippen molar-refractivity contribution >= 4 is 33.4 Å². The van der Waals surface area contributed by atoms with Crippen molar-refractivity contribution in [3.63, 3.8) is 0 Å². The summed E-state index contributed by atoms with van der Waals surface area (Å²) in [6, 6.07) is 6.94. The van der Waals surface area contributed by atoms with Gasteiger partial charge in [-0.2, -0.15) is 0 Å². The topological polar surface area (TPSA) is 47.6 Å². The summed E-state index contributed by atoms with van der Waals surface area (Å²) in [6.07, 6.45) is 0.201. The number of alkyl halides is 1. The number of halogens is 2. The maximum atomic E-state index is 12.1. The van der Waals surface area contributed by atoms with E-state index in [2.05, 4.69) is 21.2 Å². The fourth-order valence-corrected chi connectivity index (χ4v) is 2.38. The summed E-state index contributed by atoms with van der Waals surface area (Å²) in [5, 5.41) is 4.27. The second kappa shape index (κ2) is 9.21. The quantitative estimate of drug-likeness (QED) is 0.721. The number of carbonyl (C=O) groups is 1. The Morgan fingerprint density at radius 2 is 2.25 bits per heavy atom. The first-order chi connectivity index (χ1) is 9.56. The highest BCUT2D eigenvalue weighted by molar-refractivity contribution is 9.09. The van der Waals surface area contributed by atoms with Gasteiger partial charge in [0, 0.05) is 17.5 Å². The molecule has 0 radical (unpaired) electrons. The molecule has 6 heteroatoms. The van der Waals surface area contributed by atoms with Crippen LogP contribution in [0.2, 0.25) is 5.02 Å². The molecule has 4 nitrogen and oxygen atoms in total. The van der Waals surface area contributed by atoms with Crippen LogP contribution in [0.4, 0.5) is 0 Å². The third kappa shape index (κ3) is 6.11. The number of ether oxygens (including phenoxy) is 2. The minimum absolute atomic E-state index is 0.0303. The Bertz CT molecular complexity index is 425. The molecule has 1 rings (SSSR count). The van der Waals surface area contributed by atoms with E-state index in [1.807, 2.05) is 0 Å². The summed E-state index contributed by atoms with van der Waals surface area (Å²) in [5.41, 5.74) is 0. The van der Waals surface area contributed by atoms with Gasteiger partial charge in [0.05, 0.1) is 12.6 Å². The lowest BCUT2D eigenvalue weighted by molar-refractivity contribution is -0.128. The molecule has 0 aliphatic carbocycles. The number of hydrogen-bond acceptors (Lipinski definition) is 3. The summed E-state index contributed by atoms with van der Waals surface area (Å²) < 4.78 is 10.6. The number of carbonyl (C=O) groups excluding carboxylic acids is 1. The first-order valence-corrected chi connectivity index (χ1v) is 7.84. The van der Waals surface area contributed by atoms with Gasteiger partial charge in [0.25, 0.3) is 5.91 Å². The summed E-state index contributed by atoms with van der Waals surface area (Å²) in [4.78, 5) is 12.1. The van der Waals surface area contributed by atoms with Crippen LogP contribution in [0.5, 0.6) is 5.75 Å². The van der Waals surface area contributed by atoms with Crippen molar-refractivity contribution in [2.24, 2.45) is 0 Å². The molecular formula is C14H19BrClNO3. The normalized spacial score (nSPS) is 13.6. The van der Waals surface area contributed by atoms with Gasteiger partial charge in [0.1, 0.15) is 5.75 Å². The first kappa shape index (κ1) is 17.3. The average molecular weight is 365 g/mol. The van der Waals surface area contributed by atoms with E-state index in [-0.39, 0.29) is 11.9 Å². The van der Waals surface area contributed by atoms with Crippen molar-refractivity contribution < 1.29 is 14.3 Å². The highest BCUT2D eigenvalue weighted by Gasteiger charge is 2.18. The van der Waals surface area contributed by atoms with E-state index in [1.54, 1.807) is 38.3 Å². The van der Waals surface area contributed by atoms with Crippen LogP contribution in [0.15, 0.2) is 24.3 Å². The zero-order valence-corrected chi connectivity index (χ0v) is 13.9. The lowest BCUT2D eigenvalue weighted by Crippen LogP contribution is -2.44. The van der Waals surface area contributed by atoms with E-state index < -0.39 is 6.10 Å². The zero-order chi connectivity index (χ0) is 15.0. The number of hydrogen-bond donors (Lipinski definition) is 1. The zero-order valence-electron chi connectivity index (χ0n) is 11.6. The monoisotopic (exact) mass is 363 g/mol. The van der Waals surface area contributed by atoms with Gasteiger partial charge in [-0.05, 0) is 31.5 Å². The number of benzene rings is 1. The van der Waals surface area contributed by atoms with Gasteiger partial charge in [-0.25, -0.2) is 0 Å². The number of nitrogens with one attached hydrogen (secondary N) is 1. The molecule has 0 bridgehead atoms. The smallest absolute Gasteiger partial charge is 0.261 e. The van der Waals surface area contributed by atoms with Crippen LogP contribution in [0.25, 0.3) is 0 Å². The lowest BCUT2D eigenvalue weighted by atomic mass is 10.2. The average Bonchev–Trinajstić information content (AvgIpc) is 2.39. The van der Waals surface area contributed by atoms with Gasteiger partial charge in [0.15, 0.2) is 6.10 Å². The van der Waals surface area contributed by atoms with Crippen molar-refractivity contribution in [1.82, 2.24) is 5.32 Å². The van der Waals surface area contributed by atoms with Gasteiger partial charge < -0.3 is 14.8 Å². The lowest BCUT2D eigenvalue weighted by Gasteiger charge is -2.20. The molecule has 20 heavy (non-hydrogen) atoms. The van der Waals surface area contributed by atoms with Crippen LogP contribution in [0.3, 0.4) is 0 Å². The van der Waals surface area contributed by atoms with E-state index in [0.717, 1.165) is 11.8 Å². The molecule has 0 saturated carbocycles. The highest BCUT2D eigenvalue weighted by atomic mass is 79.9. The van der Waals surface area contributed by atoms with Crippen molar-refractivity contribution in [2.75, 3.05) is 19.0 Å². The number of rotatable bonds is 8. The van der Waals surface area contributed by atoms with Gasteiger partial charge in [-0.15, -0.1) is 0 Å². The van der Waals surface area contributed by atoms with E-state index >= 15 is 0 Å². The Kier molecular flexibility index (Phi) is 7.95. The molecule has 1 N–H and O–H groups in total. The molecule has 0 aliphatic rings. The molecule has 1 amide bonds. The Hall–Kier alpha value is -0.780. The summed E-state index contributed by atoms with van der Waals surface area (Å²) in [6.45, 7) is 2.18. The molecule has 112 valence electrons. The van der Waals surface area contributed by atoms with Crippen molar-refractivity contribution in [3.8, 4) is 5.75 Å². The van der Waals surface area contributed by atoms with Crippen LogP contribution in [-0.2, 0) is 9.53 Å². The molecule has 0 fully saturated rings. The van der Waals surface area contributed by atoms with Gasteiger partial charge >= 0.3 is 0 Å². The second-order valence-corrected chi connectivity index (χ2v) is 5.59. The standard InChI is InChI=1S/C14H19BrClNO3/c1-10(20-13-5-3-4-11(16)8-13)14(18)17-12(6-7-15)9-19-2/h3-5,8,10,12H,6-7,9H2,1-2H3,(H,17,18). The maximum Gasteiger partial charge on any atom is 0.261 e. The van der Waals surface area contributed by atoms with Crippen LogP contribution in [0, 0.1) is 0 Å². The van der Waals surface area contributed by atoms with E-state index in [9.17, 15) is 4.79 Å². The summed E-state index contributed by atoms with van der Waals surface area (Å²) in [7, 11) is 1.61. The first-order valence-electron chi connectivity index (χ1n) is 6.34. The second-order valence-electron chi connectivity index (χ2n) is 4.36. The third-order valence-electron chi connectivity index (χ3n) is 2.65. The van der Waals surface area contributed by atoms with E-state index in [1.165, 1.54) is 0 Å². The third-order valence-corrected chi connectivity index (χ3v) is 3.34. The van der Waals surface area contributed by atoms with Crippen LogP contribution in [0.1, 0.15) is 13.3 Å². The molecule has 1 aromatic rings. The Morgan fingerprint density at radius 3 is 2.85 bits per heavy atom. The maximum absolute atomic E-state index is 12.1. The number of methoxy groups -OCH3 is 1. The van der Waals surface area contributed by atoms with Crippen LogP contribution < -0.4 is 10.1 Å². The molecule has 1 aromatic carbocycles. The molecule has 0 aromatic heterocycles. The Balaban J connectivity index is 2.53. The Labute approximate surface area is 132 Å². The van der Waals surface area contributed by atoms with Crippen molar-refractivity contribution in [1.29, 1.82) is 0 Å². The molecule has 2 atom stereocenters. The van der Waals surface area contributed by atoms with Gasteiger partial charge in [0.2, 0.25) is 0 Å². The predicted molar refractivity (Wildman–Crippen MR) is 83.8 cm³/mol. The van der Waals surface area contributed by atoms with Gasteiger partial charge in [-0.1, -0.05) is 33.6 Å². The molecule has 0 saturated heterocycles. The molecule has 0 heterocycles. The van der Waals surface area contributed by atoms with E-state index in [0.29, 0.717) is 17.4 Å². The van der Waals surface area contributed by atoms with E-state index in [4.69, 9.17) is 21.1 Å². The fourth-order valence-electron chi connectivity index (χ4n) is 1.65. The largest absolute Gasteiger partial charge is 0.481 e. The minimum atomic E-state index is -0.594. The number of amides is 1. The molecular weight excluding hydrogens is 346 g/mol. The van der Waals surface area contributed by atoms with Crippen LogP contribution in [-0.4, -0.2) is 37.1 Å². The summed E-state index contributed by atoms with van der Waals surface area (Å²) in [5.74, 6) is 0.400. The summed E-state index contributed by atoms with van der Waals surface area (Å²) >= 11 is 9.23. The molecule has 0 spiro atoms. The van der Waals surface area contributed by atoms with Gasteiger partial charge in [-0.3, -0.25) is 4.79 Å².